The first kappa shape index (κ1) is 29.5. The molecular weight excluding hydrogens is 579 g/mol. The van der Waals surface area contributed by atoms with Crippen LogP contribution in [-0.4, -0.2) is 73.1 Å². The van der Waals surface area contributed by atoms with E-state index in [2.05, 4.69) is 14.4 Å². The lowest BCUT2D eigenvalue weighted by atomic mass is 9.87. The smallest absolute Gasteiger partial charge is 0.452 e. The number of nitrogens with zero attached hydrogens (tertiary/aromatic N) is 2. The van der Waals surface area contributed by atoms with E-state index in [9.17, 15) is 36.3 Å². The lowest BCUT2D eigenvalue weighted by molar-refractivity contribution is -0.155. The minimum atomic E-state index is -4.78. The van der Waals surface area contributed by atoms with Crippen molar-refractivity contribution in [2.45, 2.75) is 34.2 Å². The van der Waals surface area contributed by atoms with Crippen molar-refractivity contribution in [1.82, 2.24) is 14.8 Å². The van der Waals surface area contributed by atoms with E-state index in [4.69, 9.17) is 9.84 Å². The normalized spacial score (nSPS) is 20.7. The van der Waals surface area contributed by atoms with Gasteiger partial charge < -0.3 is 24.4 Å². The molecule has 0 unspecified atom stereocenters. The third-order valence-electron chi connectivity index (χ3n) is 6.65. The van der Waals surface area contributed by atoms with E-state index in [0.29, 0.717) is 23.0 Å². The highest BCUT2D eigenvalue weighted by molar-refractivity contribution is 7.91. The van der Waals surface area contributed by atoms with Gasteiger partial charge in [-0.25, -0.2) is 13.2 Å². The van der Waals surface area contributed by atoms with Gasteiger partial charge in [0.2, 0.25) is 5.76 Å². The van der Waals surface area contributed by atoms with Gasteiger partial charge in [-0.3, -0.25) is 4.79 Å². The van der Waals surface area contributed by atoms with Gasteiger partial charge in [0.25, 0.3) is 10.0 Å². The Kier molecular flexibility index (Phi) is 7.99. The van der Waals surface area contributed by atoms with Crippen LogP contribution >= 0.6 is 11.3 Å². The minimum Gasteiger partial charge on any atom is -0.480 e. The van der Waals surface area contributed by atoms with Crippen LogP contribution in [0.15, 0.2) is 57.3 Å². The molecule has 1 saturated carbocycles. The molecule has 1 amide bonds. The third kappa shape index (κ3) is 5.56. The van der Waals surface area contributed by atoms with E-state index in [-0.39, 0.29) is 47.4 Å². The van der Waals surface area contributed by atoms with Gasteiger partial charge in [0, 0.05) is 25.1 Å². The van der Waals surface area contributed by atoms with Gasteiger partial charge >= 0.3 is 18.2 Å². The minimum absolute atomic E-state index is 0.0240. The number of sulfonamides is 1. The number of thiophene rings is 1. The zero-order valence-electron chi connectivity index (χ0n) is 20.8. The molecule has 11 nitrogen and oxygen atoms in total. The number of carbonyl (C=O) groups is 2. The molecule has 0 aliphatic heterocycles. The van der Waals surface area contributed by atoms with Crippen molar-refractivity contribution in [3.8, 4) is 10.6 Å². The number of amides is 1. The summed E-state index contributed by atoms with van der Waals surface area (Å²) in [5, 5.41) is 22.6. The number of aliphatic hydroxyl groups excluding tert-OH is 1. The second-order valence-corrected chi connectivity index (χ2v) is 12.1. The Morgan fingerprint density at radius 2 is 1.93 bits per heavy atom. The molecule has 1 fully saturated rings. The Labute approximate surface area is 230 Å². The molecule has 216 valence electrons. The van der Waals surface area contributed by atoms with E-state index in [1.54, 1.807) is 30.3 Å². The maximum Gasteiger partial charge on any atom is 0.452 e. The Morgan fingerprint density at radius 3 is 2.52 bits per heavy atom. The maximum atomic E-state index is 13.4. The number of ether oxygens (including phenoxy) is 1. The molecule has 3 N–H and O–H groups in total. The highest BCUT2D eigenvalue weighted by Gasteiger charge is 2.74. The molecule has 2 heterocycles. The number of carboxylic acid groups (broad SMARTS) is 1. The van der Waals surface area contributed by atoms with Gasteiger partial charge in [-0.05, 0) is 30.5 Å². The molecule has 1 aliphatic rings. The number of nitrogens with one attached hydrogen (secondary N) is 1. The highest BCUT2D eigenvalue weighted by atomic mass is 32.2. The van der Waals surface area contributed by atoms with Crippen molar-refractivity contribution in [3.63, 3.8) is 0 Å². The van der Waals surface area contributed by atoms with Gasteiger partial charge in [-0.2, -0.15) is 17.9 Å². The lowest BCUT2D eigenvalue weighted by Crippen LogP contribution is -2.49. The molecule has 0 spiro atoms. The standard InChI is InChI=1S/C24H24F3N3O8S2/c1-30(10-11-31)21(34)37-12-9-22(15-5-3-2-4-6-15)14-23(22,20(32)33)29-40(35,36)19-8-7-17(39-19)16-13-18(38-28-16)24(25,26)27/h2-8,13,29,31H,9-12,14H2,1H3,(H,32,33)/t22-,23-/m0/s1. The van der Waals surface area contributed by atoms with Gasteiger partial charge in [0.05, 0.1) is 18.1 Å². The van der Waals surface area contributed by atoms with E-state index >= 15 is 0 Å². The summed E-state index contributed by atoms with van der Waals surface area (Å²) >= 11 is 0.594. The predicted molar refractivity (Wildman–Crippen MR) is 134 cm³/mol. The predicted octanol–water partition coefficient (Wildman–Crippen LogP) is 3.32. The summed E-state index contributed by atoms with van der Waals surface area (Å²) in [5.74, 6) is -2.80. The van der Waals surface area contributed by atoms with Crippen molar-refractivity contribution in [1.29, 1.82) is 0 Å². The monoisotopic (exact) mass is 603 g/mol. The number of benzene rings is 1. The summed E-state index contributed by atoms with van der Waals surface area (Å²) in [6.07, 6.45) is -5.72. The average Bonchev–Trinajstić information content (AvgIpc) is 3.28. The topological polar surface area (TPSA) is 159 Å². The number of halogens is 3. The first-order chi connectivity index (χ1) is 18.8. The third-order valence-corrected chi connectivity index (χ3v) is 9.74. The zero-order chi connectivity index (χ0) is 29.3. The van der Waals surface area contributed by atoms with E-state index in [1.165, 1.54) is 13.1 Å². The average molecular weight is 604 g/mol. The number of likely N-dealkylation sites (N-methyl/N-ethyl adjacent to an activating group) is 1. The van der Waals surface area contributed by atoms with E-state index < -0.39 is 45.0 Å². The highest BCUT2D eigenvalue weighted by Crippen LogP contribution is 2.61. The van der Waals surface area contributed by atoms with E-state index in [0.717, 1.165) is 11.0 Å². The van der Waals surface area contributed by atoms with Crippen molar-refractivity contribution in [2.75, 3.05) is 26.8 Å². The van der Waals surface area contributed by atoms with Gasteiger partial charge in [-0.1, -0.05) is 35.5 Å². The fourth-order valence-corrected chi connectivity index (χ4v) is 7.17. The summed E-state index contributed by atoms with van der Waals surface area (Å²) in [6.45, 7) is -0.499. The lowest BCUT2D eigenvalue weighted by Gasteiger charge is -2.25. The molecule has 0 radical (unpaired) electrons. The molecule has 2 atom stereocenters. The van der Waals surface area contributed by atoms with Crippen molar-refractivity contribution < 1.29 is 50.7 Å². The van der Waals surface area contributed by atoms with E-state index in [1.807, 2.05) is 0 Å². The van der Waals surface area contributed by atoms with Crippen LogP contribution in [0, 0.1) is 0 Å². The van der Waals surface area contributed by atoms with Crippen LogP contribution in [0.1, 0.15) is 24.2 Å². The molecule has 2 aromatic heterocycles. The van der Waals surface area contributed by atoms with Crippen LogP contribution in [0.25, 0.3) is 10.6 Å². The Bertz CT molecular complexity index is 1490. The van der Waals surface area contributed by atoms with Crippen LogP contribution in [-0.2, 0) is 31.1 Å². The Morgan fingerprint density at radius 1 is 1.23 bits per heavy atom. The number of hydrogen-bond acceptors (Lipinski definition) is 9. The fraction of sp³-hybridized carbons (Fsp3) is 0.375. The van der Waals surface area contributed by atoms with Gasteiger partial charge in [-0.15, -0.1) is 11.3 Å². The first-order valence-electron chi connectivity index (χ1n) is 11.7. The number of aromatic nitrogens is 1. The number of carbonyl (C=O) groups excluding carboxylic acids is 1. The second-order valence-electron chi connectivity index (χ2n) is 9.14. The number of rotatable bonds is 11. The Balaban J connectivity index is 1.60. The van der Waals surface area contributed by atoms with Crippen molar-refractivity contribution >= 4 is 33.4 Å². The number of aliphatic carboxylic acids is 1. The molecule has 1 aliphatic carbocycles. The van der Waals surface area contributed by atoms with Crippen LogP contribution in [0.4, 0.5) is 18.0 Å². The summed E-state index contributed by atoms with van der Waals surface area (Å²) < 4.78 is 76.8. The molecule has 1 aromatic carbocycles. The van der Waals surface area contributed by atoms with Gasteiger partial charge in [0.15, 0.2) is 0 Å². The van der Waals surface area contributed by atoms with Crippen LogP contribution in [0.3, 0.4) is 0 Å². The molecular formula is C24H24F3N3O8S2. The fourth-order valence-electron chi connectivity index (χ4n) is 4.49. The molecule has 0 bridgehead atoms. The summed E-state index contributed by atoms with van der Waals surface area (Å²) in [4.78, 5) is 25.9. The largest absolute Gasteiger partial charge is 0.480 e. The number of aliphatic hydroxyl groups is 1. The molecule has 0 saturated heterocycles. The van der Waals surface area contributed by atoms with Crippen molar-refractivity contribution in [2.24, 2.45) is 0 Å². The summed E-state index contributed by atoms with van der Waals surface area (Å²) in [7, 11) is -3.07. The van der Waals surface area contributed by atoms with Crippen LogP contribution < -0.4 is 4.72 Å². The molecule has 4 rings (SSSR count). The summed E-state index contributed by atoms with van der Waals surface area (Å²) in [5.41, 5.74) is -3.01. The SMILES string of the molecule is CN(CCO)C(=O)OCC[C@@]1(c2ccccc2)C[C@]1(NS(=O)(=O)c1ccc(-c2cc(C(F)(F)F)on2)s1)C(=O)O. The van der Waals surface area contributed by atoms with Crippen LogP contribution in [0.5, 0.6) is 0 Å². The maximum absolute atomic E-state index is 13.4. The Hall–Kier alpha value is -3.47. The quantitative estimate of drug-likeness (QED) is 0.299. The second kappa shape index (κ2) is 10.8. The molecule has 40 heavy (non-hydrogen) atoms. The summed E-state index contributed by atoms with van der Waals surface area (Å²) in [6, 6.07) is 11.3. The van der Waals surface area contributed by atoms with Gasteiger partial charge in [0.1, 0.15) is 15.4 Å². The molecule has 3 aromatic rings. The molecule has 16 heteroatoms. The zero-order valence-corrected chi connectivity index (χ0v) is 22.5. The van der Waals surface area contributed by atoms with Crippen molar-refractivity contribution in [3.05, 3.63) is 59.9 Å². The number of alkyl halides is 3. The number of hydrogen-bond donors (Lipinski definition) is 3. The number of carboxylic acids is 1. The first-order valence-corrected chi connectivity index (χ1v) is 14.0. The van der Waals surface area contributed by atoms with Crippen LogP contribution in [0.2, 0.25) is 0 Å².